The number of amides is 2. The first kappa shape index (κ1) is 25.4. The molecule has 1 heterocycles. The van der Waals surface area contributed by atoms with Gasteiger partial charge < -0.3 is 24.8 Å². The largest absolute Gasteiger partial charge is 0.492 e. The van der Waals surface area contributed by atoms with Gasteiger partial charge >= 0.3 is 12.1 Å². The highest BCUT2D eigenvalue weighted by atomic mass is 35.5. The average Bonchev–Trinajstić information content (AvgIpc) is 2.78. The molecule has 1 aliphatic rings. The molecule has 0 radical (unpaired) electrons. The number of hydrogen-bond donors (Lipinski definition) is 2. The predicted octanol–water partition coefficient (Wildman–Crippen LogP) is 4.20. The summed E-state index contributed by atoms with van der Waals surface area (Å²) in [5.41, 5.74) is 1.11. The summed E-state index contributed by atoms with van der Waals surface area (Å²) in [5.74, 6) is -0.694. The highest BCUT2D eigenvalue weighted by molar-refractivity contribution is 6.30. The molecular formula is C25H29ClN2O6. The minimum absolute atomic E-state index is 0.230. The van der Waals surface area contributed by atoms with Gasteiger partial charge in [0.2, 0.25) is 0 Å². The van der Waals surface area contributed by atoms with E-state index in [9.17, 15) is 14.4 Å². The quantitative estimate of drug-likeness (QED) is 0.591. The summed E-state index contributed by atoms with van der Waals surface area (Å²) in [7, 11) is 1.27. The van der Waals surface area contributed by atoms with Crippen molar-refractivity contribution in [3.8, 4) is 5.75 Å². The number of methoxy groups -OCH3 is 1. The van der Waals surface area contributed by atoms with E-state index in [-0.39, 0.29) is 18.0 Å². The monoisotopic (exact) mass is 488 g/mol. The van der Waals surface area contributed by atoms with Crippen molar-refractivity contribution in [2.24, 2.45) is 0 Å². The molecule has 0 saturated heterocycles. The zero-order chi connectivity index (χ0) is 24.9. The lowest BCUT2D eigenvalue weighted by Crippen LogP contribution is -2.43. The molecule has 2 N–H and O–H groups in total. The number of nitrogens with one attached hydrogen (secondary N) is 2. The lowest BCUT2D eigenvalue weighted by Gasteiger charge is -2.29. The zero-order valence-electron chi connectivity index (χ0n) is 19.6. The van der Waals surface area contributed by atoms with Crippen molar-refractivity contribution in [2.75, 3.05) is 13.7 Å². The van der Waals surface area contributed by atoms with Crippen molar-refractivity contribution < 1.29 is 28.6 Å². The normalized spacial score (nSPS) is 15.9. The molecule has 34 heavy (non-hydrogen) atoms. The van der Waals surface area contributed by atoms with Crippen LogP contribution in [0, 0.1) is 0 Å². The molecule has 1 unspecified atom stereocenters. The van der Waals surface area contributed by atoms with E-state index in [4.69, 9.17) is 25.8 Å². The molecule has 0 aromatic heterocycles. The van der Waals surface area contributed by atoms with Gasteiger partial charge in [-0.3, -0.25) is 4.79 Å². The Hall–Kier alpha value is -3.26. The fourth-order valence-electron chi connectivity index (χ4n) is 3.63. The molecule has 2 aromatic rings. The highest BCUT2D eigenvalue weighted by Gasteiger charge is 2.30. The van der Waals surface area contributed by atoms with Crippen LogP contribution in [0.1, 0.15) is 54.7 Å². The molecule has 0 fully saturated rings. The Bertz CT molecular complexity index is 1050. The number of ether oxygens (including phenoxy) is 3. The first-order valence-corrected chi connectivity index (χ1v) is 11.3. The zero-order valence-corrected chi connectivity index (χ0v) is 20.4. The predicted molar refractivity (Wildman–Crippen MR) is 127 cm³/mol. The van der Waals surface area contributed by atoms with Gasteiger partial charge in [0.15, 0.2) is 0 Å². The molecule has 9 heteroatoms. The molecule has 2 aromatic carbocycles. The fraction of sp³-hybridized carbons (Fsp3) is 0.400. The molecule has 1 aliphatic heterocycles. The van der Waals surface area contributed by atoms with E-state index in [1.54, 1.807) is 63.2 Å². The number of rotatable bonds is 6. The molecule has 182 valence electrons. The molecule has 0 bridgehead atoms. The number of carbonyl (C=O) groups is 3. The standard InChI is InChI=1S/C25H29ClN2O6/c1-25(2,3)34-24(31)28-19-12-13-33-21-17(19)6-5-7-18(21)22(29)27-20(23(30)32-4)14-15-8-10-16(26)11-9-15/h5-11,19-20H,12-14H2,1-4H3,(H,27,29)(H,28,31)/t19?,20-/m0/s1. The Kier molecular flexibility index (Phi) is 8.04. The summed E-state index contributed by atoms with van der Waals surface area (Å²) in [6.07, 6.45) is 0.210. The molecule has 2 amide bonds. The summed E-state index contributed by atoms with van der Waals surface area (Å²) < 4.78 is 16.0. The molecule has 0 aliphatic carbocycles. The molecule has 3 rings (SSSR count). The number of hydrogen-bond acceptors (Lipinski definition) is 6. The van der Waals surface area contributed by atoms with Crippen molar-refractivity contribution in [1.82, 2.24) is 10.6 Å². The van der Waals surface area contributed by atoms with Crippen LogP contribution in [0.4, 0.5) is 4.79 Å². The van der Waals surface area contributed by atoms with E-state index in [1.165, 1.54) is 7.11 Å². The fourth-order valence-corrected chi connectivity index (χ4v) is 3.76. The summed E-state index contributed by atoms with van der Waals surface area (Å²) in [5, 5.41) is 6.16. The Morgan fingerprint density at radius 2 is 1.85 bits per heavy atom. The highest BCUT2D eigenvalue weighted by Crippen LogP contribution is 2.35. The van der Waals surface area contributed by atoms with Crippen LogP contribution < -0.4 is 15.4 Å². The molecule has 0 saturated carbocycles. The van der Waals surface area contributed by atoms with E-state index >= 15 is 0 Å². The third kappa shape index (κ3) is 6.63. The summed E-state index contributed by atoms with van der Waals surface area (Å²) >= 11 is 5.94. The number of para-hydroxylation sites is 1. The second-order valence-corrected chi connectivity index (χ2v) is 9.38. The number of fused-ring (bicyclic) bond motifs is 1. The van der Waals surface area contributed by atoms with Gasteiger partial charge in [-0.15, -0.1) is 0 Å². The Morgan fingerprint density at radius 3 is 2.50 bits per heavy atom. The minimum Gasteiger partial charge on any atom is -0.492 e. The van der Waals surface area contributed by atoms with Crippen molar-refractivity contribution in [2.45, 2.75) is 51.3 Å². The van der Waals surface area contributed by atoms with Crippen molar-refractivity contribution in [3.05, 3.63) is 64.2 Å². The molecule has 8 nitrogen and oxygen atoms in total. The SMILES string of the molecule is COC(=O)[C@H](Cc1ccc(Cl)cc1)NC(=O)c1cccc2c1OCCC2NC(=O)OC(C)(C)C. The van der Waals surface area contributed by atoms with Gasteiger partial charge in [-0.05, 0) is 44.5 Å². The van der Waals surface area contributed by atoms with Crippen LogP contribution in [0.3, 0.4) is 0 Å². The van der Waals surface area contributed by atoms with Crippen LogP contribution in [0.25, 0.3) is 0 Å². The van der Waals surface area contributed by atoms with Crippen LogP contribution in [0.2, 0.25) is 5.02 Å². The summed E-state index contributed by atoms with van der Waals surface area (Å²) in [6.45, 7) is 5.67. The van der Waals surface area contributed by atoms with Gasteiger partial charge in [-0.2, -0.15) is 0 Å². The topological polar surface area (TPSA) is 103 Å². The van der Waals surface area contributed by atoms with Gasteiger partial charge in [0.25, 0.3) is 5.91 Å². The van der Waals surface area contributed by atoms with Gasteiger partial charge in [0, 0.05) is 23.4 Å². The van der Waals surface area contributed by atoms with E-state index in [0.29, 0.717) is 29.4 Å². The van der Waals surface area contributed by atoms with Gasteiger partial charge in [0.1, 0.15) is 17.4 Å². The van der Waals surface area contributed by atoms with E-state index in [1.807, 2.05) is 0 Å². The number of esters is 1. The lowest BCUT2D eigenvalue weighted by molar-refractivity contribution is -0.142. The minimum atomic E-state index is -0.909. The second kappa shape index (κ2) is 10.8. The second-order valence-electron chi connectivity index (χ2n) is 8.94. The van der Waals surface area contributed by atoms with Crippen LogP contribution in [0.5, 0.6) is 5.75 Å². The number of halogens is 1. The van der Waals surface area contributed by atoms with E-state index < -0.39 is 29.6 Å². The molecule has 0 spiro atoms. The number of alkyl carbamates (subject to hydrolysis) is 1. The molecular weight excluding hydrogens is 460 g/mol. The maximum Gasteiger partial charge on any atom is 0.408 e. The van der Waals surface area contributed by atoms with Gasteiger partial charge in [0.05, 0.1) is 25.3 Å². The van der Waals surface area contributed by atoms with Gasteiger partial charge in [-0.25, -0.2) is 9.59 Å². The third-order valence-electron chi connectivity index (χ3n) is 5.15. The first-order chi connectivity index (χ1) is 16.1. The van der Waals surface area contributed by atoms with Crippen molar-refractivity contribution >= 4 is 29.6 Å². The Labute approximate surface area is 203 Å². The Morgan fingerprint density at radius 1 is 1.15 bits per heavy atom. The maximum absolute atomic E-state index is 13.2. The van der Waals surface area contributed by atoms with E-state index in [2.05, 4.69) is 10.6 Å². The lowest BCUT2D eigenvalue weighted by atomic mass is 9.97. The van der Waals surface area contributed by atoms with Gasteiger partial charge in [-0.1, -0.05) is 35.9 Å². The third-order valence-corrected chi connectivity index (χ3v) is 5.41. The summed E-state index contributed by atoms with van der Waals surface area (Å²) in [6, 6.07) is 10.8. The van der Waals surface area contributed by atoms with Crippen LogP contribution >= 0.6 is 11.6 Å². The number of carbonyl (C=O) groups excluding carboxylic acids is 3. The van der Waals surface area contributed by atoms with Crippen LogP contribution in [0.15, 0.2) is 42.5 Å². The van der Waals surface area contributed by atoms with Crippen molar-refractivity contribution in [3.63, 3.8) is 0 Å². The summed E-state index contributed by atoms with van der Waals surface area (Å²) in [4.78, 5) is 37.8. The average molecular weight is 489 g/mol. The number of benzene rings is 2. The smallest absolute Gasteiger partial charge is 0.408 e. The maximum atomic E-state index is 13.2. The Balaban J connectivity index is 1.79. The molecule has 2 atom stereocenters. The first-order valence-electron chi connectivity index (χ1n) is 11.0. The van der Waals surface area contributed by atoms with E-state index in [0.717, 1.165) is 5.56 Å². The van der Waals surface area contributed by atoms with Crippen LogP contribution in [-0.2, 0) is 20.7 Å². The van der Waals surface area contributed by atoms with Crippen LogP contribution in [-0.4, -0.2) is 43.3 Å². The van der Waals surface area contributed by atoms with Crippen molar-refractivity contribution in [1.29, 1.82) is 0 Å².